The standard InChI is InChI=1S/C10H8Cl2F3N5O3S/c1-19-8(10(13,14)15)17-20(9(19)21)7-5(12)3-4(11)6(16-7)18-24(2,22)23/h3H,1-2H3,(H,16,18). The zero-order valence-electron chi connectivity index (χ0n) is 11.9. The van der Waals surface area contributed by atoms with Crippen LogP contribution in [-0.4, -0.2) is 34.0 Å². The van der Waals surface area contributed by atoms with Gasteiger partial charge in [0, 0.05) is 7.05 Å². The van der Waals surface area contributed by atoms with Gasteiger partial charge in [0.05, 0.1) is 16.3 Å². The SMILES string of the molecule is Cn1c(C(F)(F)F)nn(-c2nc(NS(C)(=O)=O)c(Cl)cc2Cl)c1=O. The molecule has 2 heterocycles. The molecular weight excluding hydrogens is 398 g/mol. The molecule has 0 amide bonds. The van der Waals surface area contributed by atoms with Gasteiger partial charge in [0.15, 0.2) is 11.6 Å². The van der Waals surface area contributed by atoms with Crippen molar-refractivity contribution < 1.29 is 21.6 Å². The van der Waals surface area contributed by atoms with E-state index in [0.29, 0.717) is 4.68 Å². The number of sulfonamides is 1. The fourth-order valence-corrected chi connectivity index (χ4v) is 2.72. The van der Waals surface area contributed by atoms with E-state index in [2.05, 4.69) is 10.1 Å². The van der Waals surface area contributed by atoms with E-state index in [1.165, 1.54) is 0 Å². The van der Waals surface area contributed by atoms with Gasteiger partial charge in [0.25, 0.3) is 0 Å². The quantitative estimate of drug-likeness (QED) is 0.836. The minimum Gasteiger partial charge on any atom is -0.274 e. The molecule has 0 saturated carbocycles. The summed E-state index contributed by atoms with van der Waals surface area (Å²) in [5.41, 5.74) is -1.18. The Bertz CT molecular complexity index is 967. The van der Waals surface area contributed by atoms with Crippen LogP contribution in [0.3, 0.4) is 0 Å². The number of aromatic nitrogens is 4. The van der Waals surface area contributed by atoms with Crippen molar-refractivity contribution in [2.24, 2.45) is 7.05 Å². The smallest absolute Gasteiger partial charge is 0.274 e. The Morgan fingerprint density at radius 1 is 1.25 bits per heavy atom. The van der Waals surface area contributed by atoms with E-state index in [1.54, 1.807) is 0 Å². The summed E-state index contributed by atoms with van der Waals surface area (Å²) in [7, 11) is -2.91. The molecule has 0 bridgehead atoms. The molecule has 0 aliphatic heterocycles. The van der Waals surface area contributed by atoms with Crippen molar-refractivity contribution in [3.05, 3.63) is 32.4 Å². The Morgan fingerprint density at radius 3 is 2.29 bits per heavy atom. The summed E-state index contributed by atoms with van der Waals surface area (Å²) in [6, 6.07) is 1.02. The zero-order chi connectivity index (χ0) is 18.4. The Morgan fingerprint density at radius 2 is 1.83 bits per heavy atom. The monoisotopic (exact) mass is 405 g/mol. The van der Waals surface area contributed by atoms with Crippen molar-refractivity contribution in [1.82, 2.24) is 19.3 Å². The molecule has 0 aliphatic rings. The molecule has 0 fully saturated rings. The van der Waals surface area contributed by atoms with Crippen LogP contribution in [0.2, 0.25) is 10.0 Å². The van der Waals surface area contributed by atoms with E-state index < -0.39 is 39.3 Å². The number of pyridine rings is 1. The summed E-state index contributed by atoms with van der Waals surface area (Å²) in [5.74, 6) is -2.40. The predicted octanol–water partition coefficient (Wildman–Crippen LogP) is 1.66. The molecule has 1 N–H and O–H groups in total. The minimum absolute atomic E-state index is 0.214. The van der Waals surface area contributed by atoms with Gasteiger partial charge in [-0.3, -0.25) is 9.29 Å². The van der Waals surface area contributed by atoms with Gasteiger partial charge < -0.3 is 0 Å². The fourth-order valence-electron chi connectivity index (χ4n) is 1.67. The van der Waals surface area contributed by atoms with Gasteiger partial charge in [0.2, 0.25) is 15.8 Å². The highest BCUT2D eigenvalue weighted by molar-refractivity contribution is 7.92. The maximum absolute atomic E-state index is 12.8. The number of anilines is 1. The summed E-state index contributed by atoms with van der Waals surface area (Å²) >= 11 is 11.6. The van der Waals surface area contributed by atoms with Crippen molar-refractivity contribution in [2.75, 3.05) is 11.0 Å². The van der Waals surface area contributed by atoms with Crippen LogP contribution in [0.1, 0.15) is 5.82 Å². The number of nitrogens with one attached hydrogen (secondary N) is 1. The summed E-state index contributed by atoms with van der Waals surface area (Å²) in [6.07, 6.45) is -4.07. The first kappa shape index (κ1) is 18.5. The predicted molar refractivity (Wildman–Crippen MR) is 80.1 cm³/mol. The molecule has 8 nitrogen and oxygen atoms in total. The van der Waals surface area contributed by atoms with Crippen molar-refractivity contribution >= 4 is 39.0 Å². The topological polar surface area (TPSA) is 98.9 Å². The van der Waals surface area contributed by atoms with Crippen LogP contribution in [0.15, 0.2) is 10.9 Å². The van der Waals surface area contributed by atoms with Gasteiger partial charge in [-0.15, -0.1) is 5.10 Å². The summed E-state index contributed by atoms with van der Waals surface area (Å²) in [5, 5.41) is 2.64. The molecular formula is C10H8Cl2F3N5O3S. The third-order valence-corrected chi connectivity index (χ3v) is 3.76. The van der Waals surface area contributed by atoms with Crippen LogP contribution < -0.4 is 10.4 Å². The second-order valence-corrected chi connectivity index (χ2v) is 7.14. The van der Waals surface area contributed by atoms with Crippen LogP contribution in [0.4, 0.5) is 19.0 Å². The van der Waals surface area contributed by atoms with Crippen LogP contribution in [0, 0.1) is 0 Å². The first-order valence-corrected chi connectivity index (χ1v) is 8.53. The molecule has 14 heteroatoms. The van der Waals surface area contributed by atoms with Gasteiger partial charge in [-0.05, 0) is 6.07 Å². The number of nitrogens with zero attached hydrogens (tertiary/aromatic N) is 4. The molecule has 0 aromatic carbocycles. The van der Waals surface area contributed by atoms with E-state index in [1.807, 2.05) is 4.72 Å². The Kier molecular flexibility index (Phi) is 4.59. The van der Waals surface area contributed by atoms with Gasteiger partial charge in [0.1, 0.15) is 0 Å². The lowest BCUT2D eigenvalue weighted by atomic mass is 10.4. The average molecular weight is 406 g/mol. The molecule has 0 atom stereocenters. The van der Waals surface area contributed by atoms with Gasteiger partial charge in [-0.1, -0.05) is 23.2 Å². The highest BCUT2D eigenvalue weighted by Crippen LogP contribution is 2.30. The van der Waals surface area contributed by atoms with E-state index in [-0.39, 0.29) is 14.6 Å². The molecule has 2 aromatic heterocycles. The third kappa shape index (κ3) is 3.65. The number of alkyl halides is 3. The van der Waals surface area contributed by atoms with Crippen LogP contribution in [0.25, 0.3) is 5.82 Å². The zero-order valence-corrected chi connectivity index (χ0v) is 14.2. The summed E-state index contributed by atoms with van der Waals surface area (Å²) in [4.78, 5) is 15.7. The van der Waals surface area contributed by atoms with E-state index in [4.69, 9.17) is 23.2 Å². The fraction of sp³-hybridized carbons (Fsp3) is 0.300. The van der Waals surface area contributed by atoms with Crippen molar-refractivity contribution in [1.29, 1.82) is 0 Å². The normalized spacial score (nSPS) is 12.5. The van der Waals surface area contributed by atoms with Crippen molar-refractivity contribution in [3.8, 4) is 5.82 Å². The highest BCUT2D eigenvalue weighted by atomic mass is 35.5. The maximum atomic E-state index is 12.8. The average Bonchev–Trinajstić information content (AvgIpc) is 2.68. The summed E-state index contributed by atoms with van der Waals surface area (Å²) in [6.45, 7) is 0. The molecule has 2 rings (SSSR count). The van der Waals surface area contributed by atoms with Gasteiger partial charge in [-0.2, -0.15) is 17.9 Å². The third-order valence-electron chi connectivity index (χ3n) is 2.63. The van der Waals surface area contributed by atoms with Gasteiger partial charge >= 0.3 is 11.9 Å². The number of hydrogen-bond acceptors (Lipinski definition) is 5. The van der Waals surface area contributed by atoms with Crippen LogP contribution in [-0.2, 0) is 23.2 Å². The molecule has 2 aromatic rings. The lowest BCUT2D eigenvalue weighted by molar-refractivity contribution is -0.147. The van der Waals surface area contributed by atoms with Gasteiger partial charge in [-0.25, -0.2) is 18.2 Å². The molecule has 132 valence electrons. The second-order valence-electron chi connectivity index (χ2n) is 4.57. The van der Waals surface area contributed by atoms with E-state index in [9.17, 15) is 26.4 Å². The molecule has 0 spiro atoms. The largest absolute Gasteiger partial charge is 0.451 e. The first-order valence-electron chi connectivity index (χ1n) is 5.88. The summed E-state index contributed by atoms with van der Waals surface area (Å²) < 4.78 is 63.5. The van der Waals surface area contributed by atoms with E-state index >= 15 is 0 Å². The Hall–Kier alpha value is -1.79. The Labute approximate surface area is 142 Å². The number of hydrogen-bond donors (Lipinski definition) is 1. The molecule has 0 aliphatic carbocycles. The van der Waals surface area contributed by atoms with Crippen LogP contribution >= 0.6 is 23.2 Å². The van der Waals surface area contributed by atoms with Crippen LogP contribution in [0.5, 0.6) is 0 Å². The number of rotatable bonds is 3. The maximum Gasteiger partial charge on any atom is 0.451 e. The lowest BCUT2D eigenvalue weighted by Gasteiger charge is -2.09. The Balaban J connectivity index is 2.70. The van der Waals surface area contributed by atoms with Crippen molar-refractivity contribution in [2.45, 2.75) is 6.18 Å². The molecule has 24 heavy (non-hydrogen) atoms. The lowest BCUT2D eigenvalue weighted by Crippen LogP contribution is -2.24. The number of halogens is 5. The molecule has 0 unspecified atom stereocenters. The minimum atomic E-state index is -4.88. The van der Waals surface area contributed by atoms with Crippen molar-refractivity contribution in [3.63, 3.8) is 0 Å². The highest BCUT2D eigenvalue weighted by Gasteiger charge is 2.38. The molecule has 0 radical (unpaired) electrons. The van der Waals surface area contributed by atoms with E-state index in [0.717, 1.165) is 19.4 Å². The second kappa shape index (κ2) is 5.93. The molecule has 0 saturated heterocycles. The first-order chi connectivity index (χ1) is 10.8.